The van der Waals surface area contributed by atoms with E-state index in [-0.39, 0.29) is 18.3 Å². The normalized spacial score (nSPS) is 10.3. The number of carbonyl (C=O) groups excluding carboxylic acids is 1. The van der Waals surface area contributed by atoms with Gasteiger partial charge >= 0.3 is 0 Å². The van der Waals surface area contributed by atoms with E-state index in [9.17, 15) is 4.79 Å². The van der Waals surface area contributed by atoms with Crippen molar-refractivity contribution >= 4 is 24.0 Å². The van der Waals surface area contributed by atoms with E-state index in [0.717, 1.165) is 35.7 Å². The molecule has 0 aliphatic rings. The van der Waals surface area contributed by atoms with E-state index in [1.165, 1.54) is 0 Å². The van der Waals surface area contributed by atoms with E-state index in [0.29, 0.717) is 18.9 Å². The quantitative estimate of drug-likeness (QED) is 0.680. The number of amides is 1. The first-order valence-electron chi connectivity index (χ1n) is 8.88. The van der Waals surface area contributed by atoms with Crippen LogP contribution in [0.15, 0.2) is 48.5 Å². The Morgan fingerprint density at radius 3 is 2.42 bits per heavy atom. The zero-order valence-electron chi connectivity index (χ0n) is 15.7. The van der Waals surface area contributed by atoms with Crippen LogP contribution in [-0.4, -0.2) is 19.1 Å². The van der Waals surface area contributed by atoms with E-state index in [2.05, 4.69) is 31.4 Å². The van der Waals surface area contributed by atoms with Gasteiger partial charge in [0.25, 0.3) is 0 Å². The molecule has 0 bridgehead atoms. The van der Waals surface area contributed by atoms with Crippen LogP contribution in [0.4, 0.5) is 5.69 Å². The molecular formula is C21H29ClN2O2. The Kier molecular flexibility index (Phi) is 9.78. The van der Waals surface area contributed by atoms with E-state index in [1.54, 1.807) is 0 Å². The van der Waals surface area contributed by atoms with Crippen molar-refractivity contribution in [3.8, 4) is 5.75 Å². The van der Waals surface area contributed by atoms with E-state index in [4.69, 9.17) is 4.74 Å². The summed E-state index contributed by atoms with van der Waals surface area (Å²) in [6, 6.07) is 15.6. The number of benzene rings is 2. The van der Waals surface area contributed by atoms with Gasteiger partial charge in [0.1, 0.15) is 5.75 Å². The highest BCUT2D eigenvalue weighted by molar-refractivity contribution is 5.93. The number of nitrogens with one attached hydrogen (secondary N) is 2. The summed E-state index contributed by atoms with van der Waals surface area (Å²) in [6.07, 6.45) is 0.347. The van der Waals surface area contributed by atoms with Crippen molar-refractivity contribution in [2.75, 3.05) is 18.5 Å². The molecule has 0 unspecified atom stereocenters. The first-order valence-corrected chi connectivity index (χ1v) is 8.88. The van der Waals surface area contributed by atoms with Crippen LogP contribution < -0.4 is 15.4 Å². The van der Waals surface area contributed by atoms with Crippen molar-refractivity contribution in [3.05, 3.63) is 59.7 Å². The molecule has 0 heterocycles. The van der Waals surface area contributed by atoms with Gasteiger partial charge in [-0.25, -0.2) is 0 Å². The molecule has 5 heteroatoms. The molecule has 26 heavy (non-hydrogen) atoms. The minimum Gasteiger partial charge on any atom is -0.493 e. The van der Waals surface area contributed by atoms with Crippen molar-refractivity contribution in [2.45, 2.75) is 33.7 Å². The van der Waals surface area contributed by atoms with Gasteiger partial charge in [-0.15, -0.1) is 12.4 Å². The van der Waals surface area contributed by atoms with Gasteiger partial charge in [0.15, 0.2) is 0 Å². The number of rotatable bonds is 9. The maximum Gasteiger partial charge on any atom is 0.228 e. The Balaban J connectivity index is 0.00000338. The first-order chi connectivity index (χ1) is 12.1. The molecule has 2 N–H and O–H groups in total. The molecule has 2 aromatic rings. The predicted molar refractivity (Wildman–Crippen MR) is 110 cm³/mol. The van der Waals surface area contributed by atoms with E-state index >= 15 is 0 Å². The molecule has 0 saturated heterocycles. The lowest BCUT2D eigenvalue weighted by atomic mass is 10.1. The number of hydrogen-bond acceptors (Lipinski definition) is 3. The zero-order valence-corrected chi connectivity index (χ0v) is 16.6. The second kappa shape index (κ2) is 11.6. The van der Waals surface area contributed by atoms with Crippen molar-refractivity contribution in [2.24, 2.45) is 5.92 Å². The van der Waals surface area contributed by atoms with E-state index in [1.807, 2.05) is 48.5 Å². The van der Waals surface area contributed by atoms with Gasteiger partial charge in [0, 0.05) is 12.2 Å². The molecular weight excluding hydrogens is 348 g/mol. The van der Waals surface area contributed by atoms with Crippen molar-refractivity contribution in [1.82, 2.24) is 5.32 Å². The SMILES string of the molecule is CCNCc1ccccc1NC(=O)Cc1ccc(OCC(C)C)cc1.Cl. The van der Waals surface area contributed by atoms with Crippen LogP contribution in [0.5, 0.6) is 5.75 Å². The molecule has 0 radical (unpaired) electrons. The zero-order chi connectivity index (χ0) is 18.1. The van der Waals surface area contributed by atoms with Crippen LogP contribution in [0.25, 0.3) is 0 Å². The molecule has 0 aromatic heterocycles. The summed E-state index contributed by atoms with van der Waals surface area (Å²) in [7, 11) is 0. The Morgan fingerprint density at radius 2 is 1.77 bits per heavy atom. The Bertz CT molecular complexity index is 672. The summed E-state index contributed by atoms with van der Waals surface area (Å²) >= 11 is 0. The second-order valence-electron chi connectivity index (χ2n) is 6.51. The van der Waals surface area contributed by atoms with E-state index < -0.39 is 0 Å². The lowest BCUT2D eigenvalue weighted by Crippen LogP contribution is -2.18. The molecule has 0 aliphatic carbocycles. The number of carbonyl (C=O) groups is 1. The van der Waals surface area contributed by atoms with Crippen molar-refractivity contribution < 1.29 is 9.53 Å². The fourth-order valence-electron chi connectivity index (χ4n) is 2.40. The van der Waals surface area contributed by atoms with Crippen molar-refractivity contribution in [1.29, 1.82) is 0 Å². The largest absolute Gasteiger partial charge is 0.493 e. The van der Waals surface area contributed by atoms with Gasteiger partial charge in [0.05, 0.1) is 13.0 Å². The number of halogens is 1. The highest BCUT2D eigenvalue weighted by atomic mass is 35.5. The van der Waals surface area contributed by atoms with Gasteiger partial charge in [-0.3, -0.25) is 4.79 Å². The Labute approximate surface area is 162 Å². The summed E-state index contributed by atoms with van der Waals surface area (Å²) in [5, 5.41) is 6.30. The Hall–Kier alpha value is -2.04. The third-order valence-electron chi connectivity index (χ3n) is 3.73. The monoisotopic (exact) mass is 376 g/mol. The van der Waals surface area contributed by atoms with Crippen LogP contribution in [0.3, 0.4) is 0 Å². The maximum absolute atomic E-state index is 12.3. The molecule has 1 amide bonds. The summed E-state index contributed by atoms with van der Waals surface area (Å²) in [4.78, 5) is 12.3. The van der Waals surface area contributed by atoms with Crippen LogP contribution in [0.1, 0.15) is 31.9 Å². The minimum atomic E-state index is -0.0141. The summed E-state index contributed by atoms with van der Waals surface area (Å²) in [5.74, 6) is 1.32. The highest BCUT2D eigenvalue weighted by Gasteiger charge is 2.08. The fraction of sp³-hybridized carbons (Fsp3) is 0.381. The van der Waals surface area contributed by atoms with Gasteiger partial charge in [-0.2, -0.15) is 0 Å². The summed E-state index contributed by atoms with van der Waals surface area (Å²) in [6.45, 7) is 8.64. The average Bonchev–Trinajstić information content (AvgIpc) is 2.60. The number of ether oxygens (including phenoxy) is 1. The summed E-state index contributed by atoms with van der Waals surface area (Å²) < 4.78 is 5.67. The topological polar surface area (TPSA) is 50.4 Å². The van der Waals surface area contributed by atoms with Gasteiger partial charge in [0.2, 0.25) is 5.91 Å². The number of hydrogen-bond donors (Lipinski definition) is 2. The van der Waals surface area contributed by atoms with Crippen molar-refractivity contribution in [3.63, 3.8) is 0 Å². The summed E-state index contributed by atoms with van der Waals surface area (Å²) in [5.41, 5.74) is 2.93. The van der Waals surface area contributed by atoms with Crippen LogP contribution in [0, 0.1) is 5.92 Å². The molecule has 2 aromatic carbocycles. The first kappa shape index (κ1) is 22.0. The molecule has 2 rings (SSSR count). The third-order valence-corrected chi connectivity index (χ3v) is 3.73. The molecule has 0 fully saturated rings. The average molecular weight is 377 g/mol. The van der Waals surface area contributed by atoms with Crippen LogP contribution in [0.2, 0.25) is 0 Å². The standard InChI is InChI=1S/C21H28N2O2.ClH/c1-4-22-14-18-7-5-6-8-20(18)23-21(24)13-17-9-11-19(12-10-17)25-15-16(2)3;/h5-12,16,22H,4,13-15H2,1-3H3,(H,23,24);1H. The molecule has 4 nitrogen and oxygen atoms in total. The third kappa shape index (κ3) is 7.46. The number of para-hydroxylation sites is 1. The molecule has 0 aliphatic heterocycles. The van der Waals surface area contributed by atoms with Crippen LogP contribution in [-0.2, 0) is 17.8 Å². The molecule has 0 saturated carbocycles. The lowest BCUT2D eigenvalue weighted by molar-refractivity contribution is -0.115. The minimum absolute atomic E-state index is 0. The second-order valence-corrected chi connectivity index (χ2v) is 6.51. The predicted octanol–water partition coefficient (Wildman–Crippen LogP) is 4.43. The van der Waals surface area contributed by atoms with Gasteiger partial charge in [-0.05, 0) is 41.8 Å². The highest BCUT2D eigenvalue weighted by Crippen LogP contribution is 2.17. The fourth-order valence-corrected chi connectivity index (χ4v) is 2.40. The molecule has 0 spiro atoms. The lowest BCUT2D eigenvalue weighted by Gasteiger charge is -2.12. The smallest absolute Gasteiger partial charge is 0.228 e. The maximum atomic E-state index is 12.3. The molecule has 142 valence electrons. The van der Waals surface area contributed by atoms with Crippen LogP contribution >= 0.6 is 12.4 Å². The molecule has 0 atom stereocenters. The number of anilines is 1. The van der Waals surface area contributed by atoms with Gasteiger partial charge in [-0.1, -0.05) is 51.1 Å². The van der Waals surface area contributed by atoms with Gasteiger partial charge < -0.3 is 15.4 Å². The Morgan fingerprint density at radius 1 is 1.08 bits per heavy atom.